The van der Waals surface area contributed by atoms with E-state index in [1.807, 2.05) is 0 Å². The molecule has 1 nitrogen and oxygen atoms in total. The highest BCUT2D eigenvalue weighted by atomic mass is 15.1. The van der Waals surface area contributed by atoms with Gasteiger partial charge in [0.1, 0.15) is 0 Å². The Hall–Kier alpha value is -7.22. The highest BCUT2D eigenvalue weighted by Crippen LogP contribution is 2.54. The summed E-state index contributed by atoms with van der Waals surface area (Å²) >= 11 is 0. The highest BCUT2D eigenvalue weighted by molar-refractivity contribution is 6.12. The van der Waals surface area contributed by atoms with Gasteiger partial charge in [0.05, 0.1) is 5.69 Å². The maximum Gasteiger partial charge on any atom is 0.0540 e. The number of benzene rings is 10. The second-order valence-electron chi connectivity index (χ2n) is 16.1. The summed E-state index contributed by atoms with van der Waals surface area (Å²) in [5, 5.41) is 7.52. The zero-order chi connectivity index (χ0) is 38.8. The second kappa shape index (κ2) is 13.5. The molecule has 274 valence electrons. The molecule has 0 N–H and O–H groups in total. The van der Waals surface area contributed by atoms with Crippen LogP contribution in [0.4, 0.5) is 17.1 Å². The molecule has 10 aromatic carbocycles. The van der Waals surface area contributed by atoms with E-state index in [0.29, 0.717) is 0 Å². The van der Waals surface area contributed by atoms with Crippen molar-refractivity contribution in [3.63, 3.8) is 0 Å². The summed E-state index contributed by atoms with van der Waals surface area (Å²) in [7, 11) is 0. The minimum atomic E-state index is -0.148. The summed E-state index contributed by atoms with van der Waals surface area (Å²) < 4.78 is 0. The van der Waals surface area contributed by atoms with E-state index in [4.69, 9.17) is 0 Å². The first-order chi connectivity index (χ1) is 28.5. The molecule has 0 atom stereocenters. The van der Waals surface area contributed by atoms with E-state index in [0.717, 1.165) is 17.1 Å². The van der Waals surface area contributed by atoms with Crippen molar-refractivity contribution in [2.24, 2.45) is 0 Å². The average Bonchev–Trinajstić information content (AvgIpc) is 3.52. The fourth-order valence-electron chi connectivity index (χ4n) is 9.66. The molecule has 0 aliphatic heterocycles. The van der Waals surface area contributed by atoms with Crippen LogP contribution < -0.4 is 4.90 Å². The lowest BCUT2D eigenvalue weighted by Gasteiger charge is -2.30. The molecule has 58 heavy (non-hydrogen) atoms. The van der Waals surface area contributed by atoms with Crippen molar-refractivity contribution >= 4 is 49.4 Å². The number of nitrogens with zero attached hydrogens (tertiary/aromatic N) is 1. The van der Waals surface area contributed by atoms with E-state index in [1.165, 1.54) is 88.0 Å². The first-order valence-corrected chi connectivity index (χ1v) is 20.3. The van der Waals surface area contributed by atoms with Crippen molar-refractivity contribution in [3.8, 4) is 44.5 Å². The van der Waals surface area contributed by atoms with Gasteiger partial charge in [0, 0.05) is 22.4 Å². The molecule has 0 spiro atoms. The van der Waals surface area contributed by atoms with Gasteiger partial charge in [-0.1, -0.05) is 190 Å². The summed E-state index contributed by atoms with van der Waals surface area (Å²) in [5.41, 5.74) is 16.0. The molecule has 0 bridgehead atoms. The number of rotatable bonds is 6. The summed E-state index contributed by atoms with van der Waals surface area (Å²) in [6, 6.07) is 78.2. The molecule has 0 aromatic heterocycles. The SMILES string of the molecule is CC1(C)c2ccccc2-c2cccc(-c3ccccc3N(c3ccc(-c4cccc5c4ccc4ccccc45)cc3)c3ccc4cc(-c5ccccc5)ccc4c3)c21. The lowest BCUT2D eigenvalue weighted by molar-refractivity contribution is 0.662. The van der Waals surface area contributed by atoms with Gasteiger partial charge < -0.3 is 4.90 Å². The summed E-state index contributed by atoms with van der Waals surface area (Å²) in [4.78, 5) is 2.45. The molecule has 0 fully saturated rings. The molecule has 0 radical (unpaired) electrons. The largest absolute Gasteiger partial charge is 0.310 e. The van der Waals surface area contributed by atoms with E-state index in [1.54, 1.807) is 0 Å². The number of anilines is 3. The predicted octanol–water partition coefficient (Wildman–Crippen LogP) is 15.9. The van der Waals surface area contributed by atoms with Gasteiger partial charge in [-0.3, -0.25) is 0 Å². The van der Waals surface area contributed by atoms with Crippen LogP contribution in [0.2, 0.25) is 0 Å². The average molecular weight is 740 g/mol. The Bertz CT molecular complexity index is 3190. The van der Waals surface area contributed by atoms with Crippen LogP contribution in [-0.4, -0.2) is 0 Å². The number of hydrogen-bond donors (Lipinski definition) is 0. The topological polar surface area (TPSA) is 3.24 Å². The van der Waals surface area contributed by atoms with E-state index in [9.17, 15) is 0 Å². The van der Waals surface area contributed by atoms with Crippen LogP contribution in [0.25, 0.3) is 76.8 Å². The molecule has 1 aliphatic carbocycles. The van der Waals surface area contributed by atoms with Crippen LogP contribution >= 0.6 is 0 Å². The Kier molecular flexibility index (Phi) is 7.91. The van der Waals surface area contributed by atoms with Gasteiger partial charge in [0.15, 0.2) is 0 Å². The number of hydrogen-bond acceptors (Lipinski definition) is 1. The van der Waals surface area contributed by atoms with Gasteiger partial charge in [-0.25, -0.2) is 0 Å². The maximum absolute atomic E-state index is 2.45. The van der Waals surface area contributed by atoms with Crippen molar-refractivity contribution < 1.29 is 0 Å². The quantitative estimate of drug-likeness (QED) is 0.154. The Morgan fingerprint density at radius 1 is 0.328 bits per heavy atom. The van der Waals surface area contributed by atoms with Crippen molar-refractivity contribution in [3.05, 3.63) is 223 Å². The Morgan fingerprint density at radius 3 is 1.78 bits per heavy atom. The Labute approximate surface area is 340 Å². The van der Waals surface area contributed by atoms with Crippen molar-refractivity contribution in [1.82, 2.24) is 0 Å². The number of para-hydroxylation sites is 1. The number of fused-ring (bicyclic) bond motifs is 7. The molecule has 0 amide bonds. The van der Waals surface area contributed by atoms with E-state index >= 15 is 0 Å². The first-order valence-electron chi connectivity index (χ1n) is 20.3. The van der Waals surface area contributed by atoms with Crippen LogP contribution in [0.15, 0.2) is 212 Å². The smallest absolute Gasteiger partial charge is 0.0540 e. The normalized spacial score (nSPS) is 12.8. The molecule has 10 aromatic rings. The lowest BCUT2D eigenvalue weighted by atomic mass is 9.78. The summed E-state index contributed by atoms with van der Waals surface area (Å²) in [6.07, 6.45) is 0. The predicted molar refractivity (Wildman–Crippen MR) is 248 cm³/mol. The standard InChI is InChI=1S/C57H41N/c1-57(2)54-24-10-8-18-50(54)52-22-13-23-53(56(52)57)51-19-9-11-25-55(51)58(45-34-30-42-36-41(26-27-43(42)37-45)38-14-4-3-5-15-38)44-32-28-40(29-33-44)47-20-12-21-48-46-17-7-6-16-39(46)31-35-49(47)48/h3-37H,1-2H3. The molecular weight excluding hydrogens is 699 g/mol. The van der Waals surface area contributed by atoms with Crippen LogP contribution in [0.3, 0.4) is 0 Å². The minimum Gasteiger partial charge on any atom is -0.310 e. The Morgan fingerprint density at radius 2 is 0.914 bits per heavy atom. The highest BCUT2D eigenvalue weighted by Gasteiger charge is 2.37. The van der Waals surface area contributed by atoms with E-state index < -0.39 is 0 Å². The maximum atomic E-state index is 2.45. The van der Waals surface area contributed by atoms with E-state index in [2.05, 4.69) is 231 Å². The van der Waals surface area contributed by atoms with Crippen molar-refractivity contribution in [2.45, 2.75) is 19.3 Å². The van der Waals surface area contributed by atoms with E-state index in [-0.39, 0.29) is 5.41 Å². The van der Waals surface area contributed by atoms with Crippen LogP contribution in [0, 0.1) is 0 Å². The van der Waals surface area contributed by atoms with Gasteiger partial charge >= 0.3 is 0 Å². The molecule has 0 unspecified atom stereocenters. The molecular formula is C57H41N. The van der Waals surface area contributed by atoms with Crippen molar-refractivity contribution in [2.75, 3.05) is 4.90 Å². The molecule has 0 saturated carbocycles. The first kappa shape index (κ1) is 34.1. The van der Waals surface area contributed by atoms with Crippen LogP contribution in [0.5, 0.6) is 0 Å². The van der Waals surface area contributed by atoms with Gasteiger partial charge in [0.2, 0.25) is 0 Å². The van der Waals surface area contributed by atoms with Crippen molar-refractivity contribution in [1.29, 1.82) is 0 Å². The second-order valence-corrected chi connectivity index (χ2v) is 16.1. The van der Waals surface area contributed by atoms with Crippen LogP contribution in [-0.2, 0) is 5.41 Å². The molecule has 1 heteroatoms. The molecule has 0 saturated heterocycles. The monoisotopic (exact) mass is 739 g/mol. The third-order valence-corrected chi connectivity index (χ3v) is 12.4. The summed E-state index contributed by atoms with van der Waals surface area (Å²) in [6.45, 7) is 4.76. The molecule has 1 aliphatic rings. The third-order valence-electron chi connectivity index (χ3n) is 12.4. The fraction of sp³-hybridized carbons (Fsp3) is 0.0526. The van der Waals surface area contributed by atoms with Gasteiger partial charge in [-0.15, -0.1) is 0 Å². The summed E-state index contributed by atoms with van der Waals surface area (Å²) in [5.74, 6) is 0. The van der Waals surface area contributed by atoms with Gasteiger partial charge in [-0.05, 0) is 119 Å². The minimum absolute atomic E-state index is 0.148. The third kappa shape index (κ3) is 5.46. The van der Waals surface area contributed by atoms with Gasteiger partial charge in [0.25, 0.3) is 0 Å². The fourth-order valence-corrected chi connectivity index (χ4v) is 9.66. The lowest BCUT2D eigenvalue weighted by Crippen LogP contribution is -2.17. The van der Waals surface area contributed by atoms with Gasteiger partial charge in [-0.2, -0.15) is 0 Å². The van der Waals surface area contributed by atoms with Crippen LogP contribution in [0.1, 0.15) is 25.0 Å². The zero-order valence-corrected chi connectivity index (χ0v) is 32.7. The molecule has 0 heterocycles. The zero-order valence-electron chi connectivity index (χ0n) is 32.7. The Balaban J connectivity index is 1.08. The molecule has 11 rings (SSSR count).